The van der Waals surface area contributed by atoms with E-state index in [4.69, 9.17) is 5.11 Å². The maximum Gasteiger partial charge on any atom is 0.317 e. The van der Waals surface area contributed by atoms with E-state index in [1.165, 1.54) is 0 Å². The average molecular weight is 205 g/mol. The molecule has 1 N–H and O–H groups in total. The molecule has 3 atom stereocenters. The molecule has 0 saturated carbocycles. The third-order valence-electron chi connectivity index (χ3n) is 2.59. The van der Waals surface area contributed by atoms with Crippen LogP contribution in [0.25, 0.3) is 0 Å². The lowest BCUT2D eigenvalue weighted by Crippen LogP contribution is -2.51. The summed E-state index contributed by atoms with van der Waals surface area (Å²) in [5.74, 6) is -0.217. The Hall–Kier alpha value is -0.420. The van der Waals surface area contributed by atoms with Crippen molar-refractivity contribution in [3.63, 3.8) is 0 Å². The molecule has 0 aromatic rings. The third-order valence-corrected chi connectivity index (χ3v) is 4.40. The van der Waals surface area contributed by atoms with Crippen molar-refractivity contribution in [2.75, 3.05) is 18.8 Å². The number of hydrogen-bond acceptors (Lipinski definition) is 3. The molecule has 0 radical (unpaired) electrons. The number of carbonyl (C=O) groups is 1. The largest absolute Gasteiger partial charge is 0.480 e. The molecule has 0 aliphatic carbocycles. The van der Waals surface area contributed by atoms with Crippen LogP contribution in [0, 0.1) is 0 Å². The highest BCUT2D eigenvalue weighted by Crippen LogP contribution is 2.15. The van der Waals surface area contributed by atoms with Crippen molar-refractivity contribution in [1.82, 2.24) is 4.90 Å². The van der Waals surface area contributed by atoms with Crippen LogP contribution in [0.15, 0.2) is 0 Å². The van der Waals surface area contributed by atoms with Gasteiger partial charge < -0.3 is 5.11 Å². The molecule has 5 heteroatoms. The molecule has 1 aliphatic heterocycles. The summed E-state index contributed by atoms with van der Waals surface area (Å²) in [6, 6.07) is 0.102. The summed E-state index contributed by atoms with van der Waals surface area (Å²) in [5, 5.41) is 8.70. The Morgan fingerprint density at radius 1 is 1.62 bits per heavy atom. The topological polar surface area (TPSA) is 57.6 Å². The minimum atomic E-state index is -0.813. The number of aliphatic carboxylic acids is 1. The Morgan fingerprint density at radius 2 is 2.23 bits per heavy atom. The van der Waals surface area contributed by atoms with E-state index >= 15 is 0 Å². The maximum absolute atomic E-state index is 11.4. The van der Waals surface area contributed by atoms with Crippen LogP contribution in [-0.2, 0) is 15.6 Å². The molecule has 1 heterocycles. The zero-order valence-electron chi connectivity index (χ0n) is 7.90. The molecule has 3 unspecified atom stereocenters. The van der Waals surface area contributed by atoms with Gasteiger partial charge in [-0.3, -0.25) is 13.9 Å². The van der Waals surface area contributed by atoms with Crippen LogP contribution >= 0.6 is 0 Å². The van der Waals surface area contributed by atoms with Crippen molar-refractivity contribution in [1.29, 1.82) is 0 Å². The first-order chi connectivity index (χ1) is 6.02. The van der Waals surface area contributed by atoms with Crippen molar-refractivity contribution in [2.45, 2.75) is 25.1 Å². The van der Waals surface area contributed by atoms with Gasteiger partial charge in [-0.2, -0.15) is 0 Å². The second-order valence-corrected chi connectivity index (χ2v) is 5.31. The Morgan fingerprint density at radius 3 is 2.77 bits per heavy atom. The monoisotopic (exact) mass is 205 g/mol. The van der Waals surface area contributed by atoms with Crippen LogP contribution < -0.4 is 0 Å². The summed E-state index contributed by atoms with van der Waals surface area (Å²) in [6.45, 7) is 4.53. The van der Waals surface area contributed by atoms with Crippen LogP contribution in [-0.4, -0.2) is 50.3 Å². The number of nitrogens with zero attached hydrogens (tertiary/aromatic N) is 1. The molecule has 1 rings (SSSR count). The molecule has 0 amide bonds. The molecule has 0 aromatic carbocycles. The zero-order valence-corrected chi connectivity index (χ0v) is 8.71. The fraction of sp³-hybridized carbons (Fsp3) is 0.875. The first-order valence-electron chi connectivity index (χ1n) is 4.35. The highest BCUT2D eigenvalue weighted by atomic mass is 32.2. The molecule has 1 fully saturated rings. The maximum atomic E-state index is 11.4. The summed E-state index contributed by atoms with van der Waals surface area (Å²) in [5.41, 5.74) is 0. The summed E-state index contributed by atoms with van der Waals surface area (Å²) < 4.78 is 11.4. The number of rotatable bonds is 2. The number of hydrogen-bond donors (Lipinski definition) is 1. The standard InChI is InChI=1S/C8H15NO3S/c1-6-7(2)13(12)4-3-9(6)5-8(10)11/h6-7H,3-5H2,1-2H3,(H,10,11). The van der Waals surface area contributed by atoms with Gasteiger partial charge >= 0.3 is 5.97 Å². The van der Waals surface area contributed by atoms with E-state index in [0.717, 1.165) is 0 Å². The fourth-order valence-corrected chi connectivity index (χ4v) is 2.91. The van der Waals surface area contributed by atoms with Gasteiger partial charge in [-0.1, -0.05) is 0 Å². The first-order valence-corrected chi connectivity index (χ1v) is 5.73. The van der Waals surface area contributed by atoms with Gasteiger partial charge in [-0.05, 0) is 13.8 Å². The molecule has 0 aromatic heterocycles. The zero-order chi connectivity index (χ0) is 10.0. The van der Waals surface area contributed by atoms with Gasteiger partial charge in [0, 0.05) is 34.4 Å². The molecule has 0 bridgehead atoms. The smallest absolute Gasteiger partial charge is 0.317 e. The normalized spacial score (nSPS) is 36.0. The highest BCUT2D eigenvalue weighted by Gasteiger charge is 2.30. The van der Waals surface area contributed by atoms with Crippen LogP contribution in [0.3, 0.4) is 0 Å². The van der Waals surface area contributed by atoms with E-state index in [9.17, 15) is 9.00 Å². The number of carboxylic acid groups (broad SMARTS) is 1. The van der Waals surface area contributed by atoms with Gasteiger partial charge in [0.25, 0.3) is 0 Å². The van der Waals surface area contributed by atoms with E-state index in [2.05, 4.69) is 0 Å². The van der Waals surface area contributed by atoms with Crippen molar-refractivity contribution < 1.29 is 14.1 Å². The lowest BCUT2D eigenvalue weighted by molar-refractivity contribution is -0.138. The number of carboxylic acids is 1. The minimum Gasteiger partial charge on any atom is -0.480 e. The molecule has 0 spiro atoms. The van der Waals surface area contributed by atoms with Crippen molar-refractivity contribution in [3.05, 3.63) is 0 Å². The van der Waals surface area contributed by atoms with Crippen LogP contribution in [0.4, 0.5) is 0 Å². The van der Waals surface area contributed by atoms with Gasteiger partial charge in [0.15, 0.2) is 0 Å². The second kappa shape index (κ2) is 4.19. The molecular weight excluding hydrogens is 190 g/mol. The lowest BCUT2D eigenvalue weighted by atomic mass is 10.2. The summed E-state index contributed by atoms with van der Waals surface area (Å²) in [7, 11) is -0.785. The van der Waals surface area contributed by atoms with Crippen molar-refractivity contribution in [3.8, 4) is 0 Å². The van der Waals surface area contributed by atoms with Crippen LogP contribution in [0.2, 0.25) is 0 Å². The van der Waals surface area contributed by atoms with E-state index in [-0.39, 0.29) is 17.8 Å². The Bertz CT molecular complexity index is 231. The SMILES string of the molecule is CC1C(C)S(=O)CCN1CC(=O)O. The van der Waals surface area contributed by atoms with Gasteiger partial charge in [0.2, 0.25) is 0 Å². The second-order valence-electron chi connectivity index (χ2n) is 3.39. The van der Waals surface area contributed by atoms with Gasteiger partial charge in [0.05, 0.1) is 6.54 Å². The minimum absolute atomic E-state index is 0.0582. The summed E-state index contributed by atoms with van der Waals surface area (Å²) in [6.07, 6.45) is 0. The van der Waals surface area contributed by atoms with Gasteiger partial charge in [0.1, 0.15) is 0 Å². The lowest BCUT2D eigenvalue weighted by Gasteiger charge is -2.35. The molecule has 4 nitrogen and oxygen atoms in total. The average Bonchev–Trinajstić information content (AvgIpc) is 2.06. The molecular formula is C8H15NO3S. The quantitative estimate of drug-likeness (QED) is 0.684. The van der Waals surface area contributed by atoms with E-state index in [0.29, 0.717) is 12.3 Å². The van der Waals surface area contributed by atoms with Crippen molar-refractivity contribution >= 4 is 16.8 Å². The van der Waals surface area contributed by atoms with E-state index in [1.807, 2.05) is 18.7 Å². The molecule has 1 aliphatic rings. The molecule has 13 heavy (non-hydrogen) atoms. The van der Waals surface area contributed by atoms with Gasteiger partial charge in [-0.15, -0.1) is 0 Å². The molecule has 76 valence electrons. The van der Waals surface area contributed by atoms with Crippen LogP contribution in [0.5, 0.6) is 0 Å². The van der Waals surface area contributed by atoms with Crippen molar-refractivity contribution in [2.24, 2.45) is 0 Å². The summed E-state index contributed by atoms with van der Waals surface area (Å²) in [4.78, 5) is 12.4. The van der Waals surface area contributed by atoms with Crippen LogP contribution in [0.1, 0.15) is 13.8 Å². The van der Waals surface area contributed by atoms with E-state index in [1.54, 1.807) is 0 Å². The highest BCUT2D eigenvalue weighted by molar-refractivity contribution is 7.85. The Kier molecular flexibility index (Phi) is 3.44. The first kappa shape index (κ1) is 10.7. The predicted molar refractivity (Wildman–Crippen MR) is 51.1 cm³/mol. The fourth-order valence-electron chi connectivity index (χ4n) is 1.51. The Labute approximate surface area is 80.4 Å². The predicted octanol–water partition coefficient (Wildman–Crippen LogP) is -0.0877. The Balaban J connectivity index is 2.58. The van der Waals surface area contributed by atoms with Gasteiger partial charge in [-0.25, -0.2) is 0 Å². The molecule has 1 saturated heterocycles. The summed E-state index contributed by atoms with van der Waals surface area (Å²) >= 11 is 0. The third kappa shape index (κ3) is 2.51. The van der Waals surface area contributed by atoms with E-state index < -0.39 is 16.8 Å².